The fraction of sp³-hybridized carbons (Fsp3) is 0.278. The maximum Gasteiger partial charge on any atom is 0.419 e. The molecule has 1 fully saturated rings. The van der Waals surface area contributed by atoms with E-state index in [1.807, 2.05) is 0 Å². The minimum Gasteiger partial charge on any atom is -0.436 e. The first-order valence-electron chi connectivity index (χ1n) is 8.17. The highest BCUT2D eigenvalue weighted by Gasteiger charge is 2.42. The zero-order valence-electron chi connectivity index (χ0n) is 14.2. The molecule has 2 heterocycles. The molecule has 5 nitrogen and oxygen atoms in total. The van der Waals surface area contributed by atoms with E-state index in [0.29, 0.717) is 18.2 Å². The van der Waals surface area contributed by atoms with E-state index in [-0.39, 0.29) is 22.7 Å². The van der Waals surface area contributed by atoms with Crippen molar-refractivity contribution in [3.63, 3.8) is 0 Å². The molecule has 1 aliphatic rings. The lowest BCUT2D eigenvalue weighted by Crippen LogP contribution is -2.15. The van der Waals surface area contributed by atoms with Gasteiger partial charge < -0.3 is 4.74 Å². The number of rotatable bonds is 3. The number of aryl methyl sites for hydroxylation is 1. The van der Waals surface area contributed by atoms with Crippen LogP contribution >= 0.6 is 11.3 Å². The number of ether oxygens (including phenoxy) is 1. The summed E-state index contributed by atoms with van der Waals surface area (Å²) in [5, 5.41) is 9.04. The van der Waals surface area contributed by atoms with Crippen molar-refractivity contribution < 1.29 is 22.3 Å². The Hall–Kier alpha value is -2.93. The second-order valence-electron chi connectivity index (χ2n) is 6.39. The maximum absolute atomic E-state index is 14.1. The molecule has 10 heteroatoms. The third-order valence-electron chi connectivity index (χ3n) is 4.50. The smallest absolute Gasteiger partial charge is 0.419 e. The molecule has 0 amide bonds. The van der Waals surface area contributed by atoms with Gasteiger partial charge in [0.25, 0.3) is 5.56 Å². The first-order valence-corrected chi connectivity index (χ1v) is 8.98. The monoisotopic (exact) mass is 409 g/mol. The first kappa shape index (κ1) is 18.4. The number of halogens is 4. The van der Waals surface area contributed by atoms with Crippen molar-refractivity contribution in [1.29, 1.82) is 5.26 Å². The third-order valence-corrected chi connectivity index (χ3v) is 5.47. The Morgan fingerprint density at radius 3 is 2.79 bits per heavy atom. The van der Waals surface area contributed by atoms with Crippen molar-refractivity contribution in [1.82, 2.24) is 9.38 Å². The van der Waals surface area contributed by atoms with Crippen LogP contribution in [0.5, 0.6) is 11.6 Å². The number of thiazole rings is 1. The molecule has 0 spiro atoms. The zero-order chi connectivity index (χ0) is 20.2. The van der Waals surface area contributed by atoms with Gasteiger partial charge in [0, 0.05) is 16.5 Å². The minimum atomic E-state index is -4.87. The molecule has 1 aliphatic carbocycles. The molecule has 0 N–H and O–H groups in total. The van der Waals surface area contributed by atoms with Gasteiger partial charge in [0.2, 0.25) is 5.88 Å². The summed E-state index contributed by atoms with van der Waals surface area (Å²) in [7, 11) is 0. The molecule has 4 rings (SSSR count). The summed E-state index contributed by atoms with van der Waals surface area (Å²) in [5.74, 6) is -2.76. The predicted octanol–water partition coefficient (Wildman–Crippen LogP) is 4.64. The lowest BCUT2D eigenvalue weighted by molar-refractivity contribution is -0.140. The second-order valence-corrected chi connectivity index (χ2v) is 7.57. The molecule has 2 aromatic heterocycles. The van der Waals surface area contributed by atoms with Gasteiger partial charge in [0.05, 0.1) is 23.6 Å². The SMILES string of the molecule is Cc1sc2nc(Oc3cccc(C(F)(F)F)c3F)cc(=O)n2c1C1CC1C#N. The minimum absolute atomic E-state index is 0.0501. The van der Waals surface area contributed by atoms with E-state index < -0.39 is 28.9 Å². The van der Waals surface area contributed by atoms with Gasteiger partial charge in [-0.3, -0.25) is 9.20 Å². The molecule has 144 valence electrons. The van der Waals surface area contributed by atoms with E-state index in [1.165, 1.54) is 15.7 Å². The molecule has 3 aromatic rings. The molecule has 28 heavy (non-hydrogen) atoms. The number of fused-ring (bicyclic) bond motifs is 1. The molecule has 1 aromatic carbocycles. The summed E-state index contributed by atoms with van der Waals surface area (Å²) in [6.45, 7) is 1.80. The summed E-state index contributed by atoms with van der Waals surface area (Å²) in [6.07, 6.45) is -4.22. The summed E-state index contributed by atoms with van der Waals surface area (Å²) in [4.78, 5) is 17.8. The van der Waals surface area contributed by atoms with E-state index in [2.05, 4.69) is 11.1 Å². The van der Waals surface area contributed by atoms with Crippen LogP contribution in [0.4, 0.5) is 17.6 Å². The number of aromatic nitrogens is 2. The summed E-state index contributed by atoms with van der Waals surface area (Å²) < 4.78 is 59.2. The molecular weight excluding hydrogens is 398 g/mol. The standard InChI is InChI=1S/C18H11F4N3O2S/c1-8-16(10-5-9(10)7-23)25-14(26)6-13(24-17(25)28-8)27-12-4-2-3-11(15(12)19)18(20,21)22/h2-4,6,9-10H,5H2,1H3. The van der Waals surface area contributed by atoms with Crippen LogP contribution in [0.1, 0.15) is 28.5 Å². The molecule has 1 saturated carbocycles. The van der Waals surface area contributed by atoms with Crippen LogP contribution in [-0.4, -0.2) is 9.38 Å². The summed E-state index contributed by atoms with van der Waals surface area (Å²) in [5.41, 5.74) is -1.26. The average molecular weight is 409 g/mol. The van der Waals surface area contributed by atoms with Crippen molar-refractivity contribution in [2.24, 2.45) is 5.92 Å². The average Bonchev–Trinajstić information content (AvgIpc) is 3.30. The van der Waals surface area contributed by atoms with Crippen LogP contribution in [0.3, 0.4) is 0 Å². The quantitative estimate of drug-likeness (QED) is 0.591. The van der Waals surface area contributed by atoms with Crippen molar-refractivity contribution in [3.8, 4) is 17.7 Å². The lowest BCUT2D eigenvalue weighted by Gasteiger charge is -2.11. The van der Waals surface area contributed by atoms with Gasteiger partial charge in [-0.05, 0) is 25.5 Å². The summed E-state index contributed by atoms with van der Waals surface area (Å²) in [6, 6.07) is 5.80. The first-order chi connectivity index (χ1) is 13.2. The number of alkyl halides is 3. The highest BCUT2D eigenvalue weighted by Crippen LogP contribution is 2.49. The van der Waals surface area contributed by atoms with Gasteiger partial charge in [0.1, 0.15) is 0 Å². The third kappa shape index (κ3) is 3.01. The van der Waals surface area contributed by atoms with Crippen LogP contribution in [0.15, 0.2) is 29.1 Å². The Morgan fingerprint density at radius 1 is 1.39 bits per heavy atom. The lowest BCUT2D eigenvalue weighted by atomic mass is 10.2. The number of hydrogen-bond donors (Lipinski definition) is 0. The Kier molecular flexibility index (Phi) is 4.15. The van der Waals surface area contributed by atoms with Crippen molar-refractivity contribution in [3.05, 3.63) is 56.6 Å². The molecule has 2 atom stereocenters. The largest absolute Gasteiger partial charge is 0.436 e. The van der Waals surface area contributed by atoms with Gasteiger partial charge in [-0.1, -0.05) is 6.07 Å². The van der Waals surface area contributed by atoms with Crippen LogP contribution in [0.25, 0.3) is 4.96 Å². The highest BCUT2D eigenvalue weighted by molar-refractivity contribution is 7.17. The van der Waals surface area contributed by atoms with Gasteiger partial charge in [-0.15, -0.1) is 11.3 Å². The fourth-order valence-corrected chi connectivity index (χ4v) is 4.15. The number of hydrogen-bond acceptors (Lipinski definition) is 5. The van der Waals surface area contributed by atoms with E-state index >= 15 is 0 Å². The van der Waals surface area contributed by atoms with E-state index in [4.69, 9.17) is 10.00 Å². The van der Waals surface area contributed by atoms with Crippen molar-refractivity contribution >= 4 is 16.3 Å². The number of benzene rings is 1. The van der Waals surface area contributed by atoms with E-state index in [0.717, 1.165) is 23.1 Å². The van der Waals surface area contributed by atoms with Crippen LogP contribution in [0, 0.1) is 30.0 Å². The second kappa shape index (κ2) is 6.31. The van der Waals surface area contributed by atoms with Gasteiger partial charge in [0.15, 0.2) is 16.5 Å². The highest BCUT2D eigenvalue weighted by atomic mass is 32.1. The number of nitriles is 1. The van der Waals surface area contributed by atoms with Gasteiger partial charge in [-0.25, -0.2) is 4.39 Å². The van der Waals surface area contributed by atoms with Gasteiger partial charge in [-0.2, -0.15) is 23.4 Å². The zero-order valence-corrected chi connectivity index (χ0v) is 15.1. The van der Waals surface area contributed by atoms with Crippen molar-refractivity contribution in [2.75, 3.05) is 0 Å². The topological polar surface area (TPSA) is 67.4 Å². The Morgan fingerprint density at radius 2 is 2.14 bits per heavy atom. The predicted molar refractivity (Wildman–Crippen MR) is 92.0 cm³/mol. The Balaban J connectivity index is 1.75. The normalized spacial score (nSPS) is 18.9. The van der Waals surface area contributed by atoms with E-state index in [1.54, 1.807) is 6.92 Å². The Labute approximate surface area is 159 Å². The van der Waals surface area contributed by atoms with Crippen LogP contribution < -0.4 is 10.3 Å². The molecular formula is C18H11F4N3O2S. The van der Waals surface area contributed by atoms with E-state index in [9.17, 15) is 22.4 Å². The molecule has 0 radical (unpaired) electrons. The molecule has 0 aliphatic heterocycles. The van der Waals surface area contributed by atoms with Crippen LogP contribution in [0.2, 0.25) is 0 Å². The fourth-order valence-electron chi connectivity index (χ4n) is 3.12. The molecule has 2 unspecified atom stereocenters. The van der Waals surface area contributed by atoms with Crippen molar-refractivity contribution in [2.45, 2.75) is 25.4 Å². The van der Waals surface area contributed by atoms with Gasteiger partial charge >= 0.3 is 6.18 Å². The molecule has 0 saturated heterocycles. The number of nitrogens with zero attached hydrogens (tertiary/aromatic N) is 3. The Bertz CT molecular complexity index is 1190. The maximum atomic E-state index is 14.1. The van der Waals surface area contributed by atoms with Crippen LogP contribution in [-0.2, 0) is 6.18 Å². The summed E-state index contributed by atoms with van der Waals surface area (Å²) >= 11 is 1.20. The molecule has 0 bridgehead atoms.